The Morgan fingerprint density at radius 1 is 1.28 bits per heavy atom. The van der Waals surface area contributed by atoms with Crippen molar-refractivity contribution in [3.8, 4) is 0 Å². The van der Waals surface area contributed by atoms with Crippen LogP contribution in [0.4, 0.5) is 5.82 Å². The van der Waals surface area contributed by atoms with Gasteiger partial charge >= 0.3 is 0 Å². The van der Waals surface area contributed by atoms with Gasteiger partial charge in [-0.15, -0.1) is 0 Å². The third kappa shape index (κ3) is 2.94. The SMILES string of the molecule is CC(C)c1c(Cl)ncnc1N(CC1CC1)C(C)C. The van der Waals surface area contributed by atoms with Crippen LogP contribution >= 0.6 is 11.6 Å². The van der Waals surface area contributed by atoms with Crippen molar-refractivity contribution in [3.05, 3.63) is 17.0 Å². The molecule has 18 heavy (non-hydrogen) atoms. The van der Waals surface area contributed by atoms with E-state index in [1.807, 2.05) is 0 Å². The van der Waals surface area contributed by atoms with E-state index in [9.17, 15) is 0 Å². The molecule has 0 N–H and O–H groups in total. The van der Waals surface area contributed by atoms with Gasteiger partial charge in [0.25, 0.3) is 0 Å². The third-order valence-electron chi connectivity index (χ3n) is 3.44. The average molecular weight is 268 g/mol. The van der Waals surface area contributed by atoms with Gasteiger partial charge in [-0.25, -0.2) is 9.97 Å². The van der Waals surface area contributed by atoms with Crippen molar-refractivity contribution in [3.63, 3.8) is 0 Å². The predicted octanol–water partition coefficient (Wildman–Crippen LogP) is 3.88. The number of nitrogens with zero attached hydrogens (tertiary/aromatic N) is 3. The first kappa shape index (κ1) is 13.6. The van der Waals surface area contributed by atoms with Crippen molar-refractivity contribution in [2.24, 2.45) is 5.92 Å². The third-order valence-corrected chi connectivity index (χ3v) is 3.74. The average Bonchev–Trinajstić information content (AvgIpc) is 3.08. The number of aromatic nitrogens is 2. The minimum Gasteiger partial charge on any atom is -0.354 e. The van der Waals surface area contributed by atoms with E-state index >= 15 is 0 Å². The van der Waals surface area contributed by atoms with Gasteiger partial charge in [0.2, 0.25) is 0 Å². The van der Waals surface area contributed by atoms with Gasteiger partial charge in [-0.2, -0.15) is 0 Å². The first-order valence-electron chi connectivity index (χ1n) is 6.77. The molecule has 0 atom stereocenters. The number of hydrogen-bond acceptors (Lipinski definition) is 3. The number of anilines is 1. The zero-order valence-corrected chi connectivity index (χ0v) is 12.4. The largest absolute Gasteiger partial charge is 0.354 e. The maximum atomic E-state index is 6.25. The van der Waals surface area contributed by atoms with Gasteiger partial charge in [0.15, 0.2) is 0 Å². The highest BCUT2D eigenvalue weighted by Crippen LogP contribution is 2.36. The Labute approximate surface area is 115 Å². The smallest absolute Gasteiger partial charge is 0.138 e. The van der Waals surface area contributed by atoms with E-state index in [1.165, 1.54) is 12.8 Å². The minimum atomic E-state index is 0.342. The van der Waals surface area contributed by atoms with Crippen LogP contribution in [0, 0.1) is 5.92 Å². The van der Waals surface area contributed by atoms with Crippen LogP contribution in [-0.4, -0.2) is 22.6 Å². The molecule has 2 rings (SSSR count). The standard InChI is InChI=1S/C14H22ClN3/c1-9(2)12-13(15)16-8-17-14(12)18(10(3)4)7-11-5-6-11/h8-11H,5-7H2,1-4H3. The predicted molar refractivity (Wildman–Crippen MR) is 76.3 cm³/mol. The summed E-state index contributed by atoms with van der Waals surface area (Å²) in [5.41, 5.74) is 1.08. The molecule has 1 aliphatic carbocycles. The second-order valence-electron chi connectivity index (χ2n) is 5.75. The van der Waals surface area contributed by atoms with Crippen LogP contribution in [0.5, 0.6) is 0 Å². The molecule has 1 saturated carbocycles. The molecule has 1 fully saturated rings. The normalized spacial score (nSPS) is 15.5. The summed E-state index contributed by atoms with van der Waals surface area (Å²) in [6.45, 7) is 9.79. The number of hydrogen-bond donors (Lipinski definition) is 0. The molecule has 3 nitrogen and oxygen atoms in total. The van der Waals surface area contributed by atoms with Crippen molar-refractivity contribution in [2.45, 2.75) is 52.5 Å². The maximum Gasteiger partial charge on any atom is 0.138 e. The van der Waals surface area contributed by atoms with Crippen LogP contribution in [0.2, 0.25) is 5.15 Å². The summed E-state index contributed by atoms with van der Waals surface area (Å²) in [6.07, 6.45) is 4.27. The molecule has 0 aliphatic heterocycles. The van der Waals surface area contributed by atoms with Crippen LogP contribution in [0.1, 0.15) is 52.0 Å². The highest BCUT2D eigenvalue weighted by Gasteiger charge is 2.28. The second kappa shape index (κ2) is 5.43. The van der Waals surface area contributed by atoms with E-state index in [0.29, 0.717) is 17.1 Å². The van der Waals surface area contributed by atoms with Crippen molar-refractivity contribution in [2.75, 3.05) is 11.4 Å². The minimum absolute atomic E-state index is 0.342. The maximum absolute atomic E-state index is 6.25. The molecule has 1 aromatic rings. The molecule has 0 saturated heterocycles. The molecule has 1 aromatic heterocycles. The molecule has 0 unspecified atom stereocenters. The monoisotopic (exact) mass is 267 g/mol. The molecule has 4 heteroatoms. The fourth-order valence-corrected chi connectivity index (χ4v) is 2.56. The first-order valence-corrected chi connectivity index (χ1v) is 7.15. The van der Waals surface area contributed by atoms with Gasteiger partial charge in [0.05, 0.1) is 0 Å². The van der Waals surface area contributed by atoms with Gasteiger partial charge in [0.1, 0.15) is 17.3 Å². The summed E-state index contributed by atoms with van der Waals surface area (Å²) in [7, 11) is 0. The number of halogens is 1. The topological polar surface area (TPSA) is 29.0 Å². The van der Waals surface area contributed by atoms with Gasteiger partial charge in [-0.05, 0) is 38.5 Å². The van der Waals surface area contributed by atoms with E-state index in [0.717, 1.165) is 23.8 Å². The summed E-state index contributed by atoms with van der Waals surface area (Å²) in [5, 5.41) is 0.594. The summed E-state index contributed by atoms with van der Waals surface area (Å²) in [5.74, 6) is 2.20. The quantitative estimate of drug-likeness (QED) is 0.758. The molecule has 1 aliphatic rings. The summed E-state index contributed by atoms with van der Waals surface area (Å²) in [4.78, 5) is 11.0. The van der Waals surface area contributed by atoms with Crippen molar-refractivity contribution >= 4 is 17.4 Å². The van der Waals surface area contributed by atoms with Crippen LogP contribution in [0.3, 0.4) is 0 Å². The van der Waals surface area contributed by atoms with Crippen molar-refractivity contribution < 1.29 is 0 Å². The second-order valence-corrected chi connectivity index (χ2v) is 6.10. The van der Waals surface area contributed by atoms with E-state index in [-0.39, 0.29) is 0 Å². The fraction of sp³-hybridized carbons (Fsp3) is 0.714. The molecule has 0 amide bonds. The number of rotatable bonds is 5. The Balaban J connectivity index is 2.36. The summed E-state index contributed by atoms with van der Waals surface area (Å²) in [6, 6.07) is 0.439. The molecule has 0 bridgehead atoms. The zero-order chi connectivity index (χ0) is 13.3. The Morgan fingerprint density at radius 3 is 2.44 bits per heavy atom. The molecular weight excluding hydrogens is 246 g/mol. The molecule has 0 radical (unpaired) electrons. The van der Waals surface area contributed by atoms with Crippen LogP contribution in [0.25, 0.3) is 0 Å². The van der Waals surface area contributed by atoms with Crippen LogP contribution < -0.4 is 4.90 Å². The Bertz CT molecular complexity index is 414. The molecule has 0 spiro atoms. The van der Waals surface area contributed by atoms with Gasteiger partial charge in [-0.1, -0.05) is 25.4 Å². The molecular formula is C14H22ClN3. The lowest BCUT2D eigenvalue weighted by Gasteiger charge is -2.30. The molecule has 100 valence electrons. The highest BCUT2D eigenvalue weighted by atomic mass is 35.5. The van der Waals surface area contributed by atoms with Gasteiger partial charge < -0.3 is 4.90 Å². The fourth-order valence-electron chi connectivity index (χ4n) is 2.21. The zero-order valence-electron chi connectivity index (χ0n) is 11.7. The lowest BCUT2D eigenvalue weighted by molar-refractivity contribution is 0.628. The summed E-state index contributed by atoms with van der Waals surface area (Å²) >= 11 is 6.25. The summed E-state index contributed by atoms with van der Waals surface area (Å²) < 4.78 is 0. The lowest BCUT2D eigenvalue weighted by Crippen LogP contribution is -2.34. The van der Waals surface area contributed by atoms with Crippen LogP contribution in [-0.2, 0) is 0 Å². The first-order chi connectivity index (χ1) is 8.50. The van der Waals surface area contributed by atoms with E-state index < -0.39 is 0 Å². The Morgan fingerprint density at radius 2 is 1.94 bits per heavy atom. The highest BCUT2D eigenvalue weighted by molar-refractivity contribution is 6.30. The Hall–Kier alpha value is -0.830. The van der Waals surface area contributed by atoms with Crippen molar-refractivity contribution in [1.29, 1.82) is 0 Å². The van der Waals surface area contributed by atoms with Gasteiger partial charge in [-0.3, -0.25) is 0 Å². The van der Waals surface area contributed by atoms with Gasteiger partial charge in [0, 0.05) is 18.2 Å². The van der Waals surface area contributed by atoms with E-state index in [1.54, 1.807) is 6.33 Å². The lowest BCUT2D eigenvalue weighted by atomic mass is 10.0. The van der Waals surface area contributed by atoms with Crippen molar-refractivity contribution in [1.82, 2.24) is 9.97 Å². The van der Waals surface area contributed by atoms with E-state index in [4.69, 9.17) is 11.6 Å². The van der Waals surface area contributed by atoms with E-state index in [2.05, 4.69) is 42.6 Å². The molecule has 0 aromatic carbocycles. The van der Waals surface area contributed by atoms with Crippen LogP contribution in [0.15, 0.2) is 6.33 Å². The Kier molecular flexibility index (Phi) is 4.10. The molecule has 1 heterocycles.